The normalized spacial score (nSPS) is 26.4. The van der Waals surface area contributed by atoms with Gasteiger partial charge in [-0.15, -0.1) is 0 Å². The molecule has 1 saturated heterocycles. The van der Waals surface area contributed by atoms with E-state index < -0.39 is 0 Å². The third kappa shape index (κ3) is 3.85. The fourth-order valence-corrected chi connectivity index (χ4v) is 4.87. The molecule has 2 unspecified atom stereocenters. The third-order valence-corrected chi connectivity index (χ3v) is 6.20. The van der Waals surface area contributed by atoms with E-state index in [0.717, 1.165) is 50.3 Å². The first-order valence-corrected chi connectivity index (χ1v) is 10.4. The molecule has 0 radical (unpaired) electrons. The van der Waals surface area contributed by atoms with Crippen LogP contribution >= 0.6 is 0 Å². The molecular weight excluding hydrogens is 310 g/mol. The van der Waals surface area contributed by atoms with Gasteiger partial charge in [-0.1, -0.05) is 12.8 Å². The van der Waals surface area contributed by atoms with Crippen molar-refractivity contribution in [1.82, 2.24) is 19.8 Å². The molecular formula is C20H33N5. The predicted octanol–water partition coefficient (Wildman–Crippen LogP) is 2.85. The van der Waals surface area contributed by atoms with E-state index in [1.165, 1.54) is 63.1 Å². The summed E-state index contributed by atoms with van der Waals surface area (Å²) in [5.41, 5.74) is 1.21. The summed E-state index contributed by atoms with van der Waals surface area (Å²) in [5.74, 6) is 4.21. The number of rotatable bonds is 4. The maximum absolute atomic E-state index is 4.94. The minimum atomic E-state index is 0.838. The largest absolute Gasteiger partial charge is 0.357 e. The summed E-state index contributed by atoms with van der Waals surface area (Å²) < 4.78 is 2.35. The second-order valence-corrected chi connectivity index (χ2v) is 7.99. The molecule has 2 aliphatic heterocycles. The first kappa shape index (κ1) is 16.9. The van der Waals surface area contributed by atoms with E-state index in [2.05, 4.69) is 27.9 Å². The number of guanidine groups is 1. The highest BCUT2D eigenvalue weighted by Crippen LogP contribution is 2.35. The highest BCUT2D eigenvalue weighted by molar-refractivity contribution is 5.80. The number of nitrogens with one attached hydrogen (secondary N) is 1. The fraction of sp³-hybridized carbons (Fsp3) is 0.800. The smallest absolute Gasteiger partial charge is 0.193 e. The summed E-state index contributed by atoms with van der Waals surface area (Å²) in [6.07, 6.45) is 12.6. The fourth-order valence-electron chi connectivity index (χ4n) is 4.87. The van der Waals surface area contributed by atoms with Crippen LogP contribution in [0.25, 0.3) is 0 Å². The molecule has 2 fully saturated rings. The van der Waals surface area contributed by atoms with Crippen molar-refractivity contribution >= 4 is 5.96 Å². The molecule has 1 aromatic heterocycles. The molecule has 3 heterocycles. The van der Waals surface area contributed by atoms with Gasteiger partial charge >= 0.3 is 0 Å². The Kier molecular flexibility index (Phi) is 5.28. The summed E-state index contributed by atoms with van der Waals surface area (Å²) in [5, 5.41) is 3.52. The zero-order valence-corrected chi connectivity index (χ0v) is 15.7. The Bertz CT molecular complexity index is 568. The molecule has 1 aromatic rings. The van der Waals surface area contributed by atoms with Crippen molar-refractivity contribution in [2.24, 2.45) is 16.8 Å². The van der Waals surface area contributed by atoms with Crippen LogP contribution in [0, 0.1) is 11.8 Å². The molecule has 0 aromatic carbocycles. The Morgan fingerprint density at radius 3 is 2.72 bits per heavy atom. The minimum Gasteiger partial charge on any atom is -0.357 e. The lowest BCUT2D eigenvalue weighted by Crippen LogP contribution is -2.40. The summed E-state index contributed by atoms with van der Waals surface area (Å²) in [6, 6.07) is 0. The molecule has 1 aliphatic carbocycles. The van der Waals surface area contributed by atoms with Crippen LogP contribution < -0.4 is 5.32 Å². The summed E-state index contributed by atoms with van der Waals surface area (Å²) in [4.78, 5) is 12.3. The molecule has 0 amide bonds. The number of fused-ring (bicyclic) bond motifs is 2. The van der Waals surface area contributed by atoms with Gasteiger partial charge in [0.15, 0.2) is 5.96 Å². The van der Waals surface area contributed by atoms with Crippen molar-refractivity contribution in [3.8, 4) is 0 Å². The van der Waals surface area contributed by atoms with E-state index in [1.807, 2.05) is 0 Å². The minimum absolute atomic E-state index is 0.838. The van der Waals surface area contributed by atoms with Crippen molar-refractivity contribution in [2.45, 2.75) is 64.8 Å². The van der Waals surface area contributed by atoms with Gasteiger partial charge in [0.05, 0.1) is 5.69 Å². The van der Waals surface area contributed by atoms with Crippen LogP contribution in [0.15, 0.2) is 11.2 Å². The van der Waals surface area contributed by atoms with Crippen molar-refractivity contribution in [3.63, 3.8) is 0 Å². The molecule has 2 atom stereocenters. The zero-order chi connectivity index (χ0) is 17.1. The van der Waals surface area contributed by atoms with Crippen LogP contribution in [-0.2, 0) is 19.4 Å². The summed E-state index contributed by atoms with van der Waals surface area (Å²) in [7, 11) is 0. The van der Waals surface area contributed by atoms with Crippen LogP contribution in [-0.4, -0.2) is 46.6 Å². The highest BCUT2D eigenvalue weighted by atomic mass is 15.3. The number of aromatic nitrogens is 2. The van der Waals surface area contributed by atoms with Gasteiger partial charge in [-0.3, -0.25) is 4.99 Å². The Morgan fingerprint density at radius 2 is 2.00 bits per heavy atom. The van der Waals surface area contributed by atoms with Gasteiger partial charge in [-0.25, -0.2) is 4.98 Å². The number of aryl methyl sites for hydroxylation is 2. The van der Waals surface area contributed by atoms with E-state index >= 15 is 0 Å². The standard InChI is InChI=1S/C20H33N5/c1-2-21-20(25-13-16-7-3-4-8-17(16)14-25)22-11-10-18-15-24-12-6-5-9-19(24)23-18/h15-17H,2-14H2,1H3,(H,21,22). The van der Waals surface area contributed by atoms with Gasteiger partial charge in [0.25, 0.3) is 0 Å². The number of likely N-dealkylation sites (tertiary alicyclic amines) is 1. The zero-order valence-electron chi connectivity index (χ0n) is 15.7. The molecule has 1 saturated carbocycles. The van der Waals surface area contributed by atoms with Crippen molar-refractivity contribution in [3.05, 3.63) is 17.7 Å². The molecule has 0 bridgehead atoms. The lowest BCUT2D eigenvalue weighted by atomic mass is 9.82. The molecule has 25 heavy (non-hydrogen) atoms. The van der Waals surface area contributed by atoms with Gasteiger partial charge in [0.1, 0.15) is 5.82 Å². The van der Waals surface area contributed by atoms with Gasteiger partial charge in [0.2, 0.25) is 0 Å². The SMILES string of the molecule is CCNC(=NCCc1cn2c(n1)CCCC2)N1CC2CCCCC2C1. The maximum atomic E-state index is 4.94. The maximum Gasteiger partial charge on any atom is 0.193 e. The first-order valence-electron chi connectivity index (χ1n) is 10.4. The Labute approximate surface area is 151 Å². The molecule has 3 aliphatic rings. The third-order valence-electron chi connectivity index (χ3n) is 6.20. The molecule has 5 heteroatoms. The summed E-state index contributed by atoms with van der Waals surface area (Å²) >= 11 is 0. The second kappa shape index (κ2) is 7.79. The van der Waals surface area contributed by atoms with Crippen molar-refractivity contribution < 1.29 is 0 Å². The van der Waals surface area contributed by atoms with E-state index in [-0.39, 0.29) is 0 Å². The number of hydrogen-bond acceptors (Lipinski definition) is 2. The lowest BCUT2D eigenvalue weighted by molar-refractivity contribution is 0.299. The van der Waals surface area contributed by atoms with Crippen LogP contribution in [0.5, 0.6) is 0 Å². The average molecular weight is 344 g/mol. The van der Waals surface area contributed by atoms with Crippen LogP contribution in [0.4, 0.5) is 0 Å². The summed E-state index contributed by atoms with van der Waals surface area (Å²) in [6.45, 7) is 7.51. The average Bonchev–Trinajstić information content (AvgIpc) is 3.24. The Hall–Kier alpha value is -1.52. The Morgan fingerprint density at radius 1 is 1.20 bits per heavy atom. The monoisotopic (exact) mass is 343 g/mol. The molecule has 138 valence electrons. The highest BCUT2D eigenvalue weighted by Gasteiger charge is 2.35. The predicted molar refractivity (Wildman–Crippen MR) is 102 cm³/mol. The van der Waals surface area contributed by atoms with Crippen LogP contribution in [0.3, 0.4) is 0 Å². The van der Waals surface area contributed by atoms with Gasteiger partial charge in [-0.05, 0) is 44.4 Å². The molecule has 1 N–H and O–H groups in total. The molecule has 4 rings (SSSR count). The van der Waals surface area contributed by atoms with E-state index in [4.69, 9.17) is 9.98 Å². The van der Waals surface area contributed by atoms with Gasteiger partial charge < -0.3 is 14.8 Å². The van der Waals surface area contributed by atoms with Crippen molar-refractivity contribution in [1.29, 1.82) is 0 Å². The number of imidazole rings is 1. The van der Waals surface area contributed by atoms with E-state index in [0.29, 0.717) is 0 Å². The van der Waals surface area contributed by atoms with E-state index in [1.54, 1.807) is 0 Å². The van der Waals surface area contributed by atoms with Crippen LogP contribution in [0.2, 0.25) is 0 Å². The first-order chi connectivity index (χ1) is 12.3. The topological polar surface area (TPSA) is 45.5 Å². The van der Waals surface area contributed by atoms with Gasteiger partial charge in [-0.2, -0.15) is 0 Å². The number of hydrogen-bond donors (Lipinski definition) is 1. The quantitative estimate of drug-likeness (QED) is 0.675. The van der Waals surface area contributed by atoms with E-state index in [9.17, 15) is 0 Å². The Balaban J connectivity index is 1.36. The van der Waals surface area contributed by atoms with Crippen LogP contribution in [0.1, 0.15) is 57.0 Å². The molecule has 0 spiro atoms. The van der Waals surface area contributed by atoms with Gasteiger partial charge in [0, 0.05) is 51.8 Å². The second-order valence-electron chi connectivity index (χ2n) is 7.99. The molecule has 5 nitrogen and oxygen atoms in total. The van der Waals surface area contributed by atoms with Crippen molar-refractivity contribution in [2.75, 3.05) is 26.2 Å². The number of nitrogens with zero attached hydrogens (tertiary/aromatic N) is 4. The number of aliphatic imine (C=N–C) groups is 1. The lowest BCUT2D eigenvalue weighted by Gasteiger charge is -2.22.